The normalized spacial score (nSPS) is 11.5. The zero-order valence-electron chi connectivity index (χ0n) is 19.8. The number of aryl methyl sites for hydroxylation is 2. The number of carbonyl (C=O) groups is 1. The quantitative estimate of drug-likeness (QED) is 0.292. The molecule has 2 aromatic carbocycles. The maximum atomic E-state index is 13.0. The number of nitrogens with zero attached hydrogens (tertiary/aromatic N) is 4. The lowest BCUT2D eigenvalue weighted by atomic mass is 10.1. The number of hydrogen-bond donors (Lipinski definition) is 2. The van der Waals surface area contributed by atoms with Gasteiger partial charge in [-0.2, -0.15) is 13.2 Å². The Balaban J connectivity index is 1.47. The summed E-state index contributed by atoms with van der Waals surface area (Å²) in [4.78, 5) is 26.4. The van der Waals surface area contributed by atoms with Gasteiger partial charge in [-0.3, -0.25) is 9.78 Å². The summed E-state index contributed by atoms with van der Waals surface area (Å²) in [5.74, 6) is 0.495. The SMILES string of the molecule is Cc1ccc(C(=O)Nc2cccc(C(F)(F)F)c2)cc1Nc1nc(-c2cccnc2)nc2c1ccn2C. The van der Waals surface area contributed by atoms with Crippen molar-refractivity contribution in [3.8, 4) is 11.4 Å². The molecule has 37 heavy (non-hydrogen) atoms. The molecule has 7 nitrogen and oxygen atoms in total. The van der Waals surface area contributed by atoms with Gasteiger partial charge in [-0.25, -0.2) is 9.97 Å². The van der Waals surface area contributed by atoms with Gasteiger partial charge < -0.3 is 15.2 Å². The molecule has 10 heteroatoms. The molecule has 0 saturated heterocycles. The first-order chi connectivity index (χ1) is 17.7. The number of hydrogen-bond acceptors (Lipinski definition) is 5. The summed E-state index contributed by atoms with van der Waals surface area (Å²) in [6, 6.07) is 15.1. The molecule has 5 rings (SSSR count). The van der Waals surface area contributed by atoms with Crippen molar-refractivity contribution in [1.82, 2.24) is 19.5 Å². The second-order valence-electron chi connectivity index (χ2n) is 8.49. The molecule has 0 radical (unpaired) electrons. The average molecular weight is 503 g/mol. The zero-order chi connectivity index (χ0) is 26.2. The lowest BCUT2D eigenvalue weighted by Crippen LogP contribution is -2.13. The number of alkyl halides is 3. The topological polar surface area (TPSA) is 84.7 Å². The van der Waals surface area contributed by atoms with Crippen LogP contribution >= 0.6 is 0 Å². The largest absolute Gasteiger partial charge is 0.416 e. The van der Waals surface area contributed by atoms with Gasteiger partial charge in [0.25, 0.3) is 5.91 Å². The molecule has 0 aliphatic heterocycles. The smallest absolute Gasteiger partial charge is 0.339 e. The highest BCUT2D eigenvalue weighted by atomic mass is 19.4. The number of nitrogens with one attached hydrogen (secondary N) is 2. The Labute approximate surface area is 210 Å². The Hall–Kier alpha value is -4.73. The van der Waals surface area contributed by atoms with Crippen LogP contribution in [0.1, 0.15) is 21.5 Å². The maximum absolute atomic E-state index is 13.0. The van der Waals surface area contributed by atoms with Gasteiger partial charge in [0.05, 0.1) is 10.9 Å². The van der Waals surface area contributed by atoms with E-state index in [1.54, 1.807) is 36.7 Å². The predicted octanol–water partition coefficient (Wildman–Crippen LogP) is 6.35. The van der Waals surface area contributed by atoms with Crippen molar-refractivity contribution >= 4 is 34.1 Å². The van der Waals surface area contributed by atoms with Crippen LogP contribution in [0.5, 0.6) is 0 Å². The van der Waals surface area contributed by atoms with Crippen molar-refractivity contribution in [3.63, 3.8) is 0 Å². The average Bonchev–Trinajstić information content (AvgIpc) is 3.26. The van der Waals surface area contributed by atoms with Crippen LogP contribution in [-0.4, -0.2) is 25.4 Å². The summed E-state index contributed by atoms with van der Waals surface area (Å²) < 4.78 is 41.0. The summed E-state index contributed by atoms with van der Waals surface area (Å²) in [6.45, 7) is 1.88. The Kier molecular flexibility index (Phi) is 6.08. The fraction of sp³-hybridized carbons (Fsp3) is 0.111. The Morgan fingerprint density at radius 2 is 1.84 bits per heavy atom. The second-order valence-corrected chi connectivity index (χ2v) is 8.49. The molecule has 5 aromatic rings. The van der Waals surface area contributed by atoms with Crippen LogP contribution in [0.4, 0.5) is 30.4 Å². The molecule has 0 atom stereocenters. The number of anilines is 3. The molecule has 0 bridgehead atoms. The fourth-order valence-electron chi connectivity index (χ4n) is 3.86. The number of fused-ring (bicyclic) bond motifs is 1. The van der Waals surface area contributed by atoms with E-state index in [9.17, 15) is 18.0 Å². The Morgan fingerprint density at radius 3 is 2.59 bits per heavy atom. The van der Waals surface area contributed by atoms with Crippen molar-refractivity contribution in [2.75, 3.05) is 10.6 Å². The van der Waals surface area contributed by atoms with Crippen LogP contribution in [0.25, 0.3) is 22.4 Å². The van der Waals surface area contributed by atoms with Gasteiger partial charge in [0, 0.05) is 48.1 Å². The Morgan fingerprint density at radius 1 is 1.00 bits per heavy atom. The van der Waals surface area contributed by atoms with Crippen LogP contribution in [0.3, 0.4) is 0 Å². The minimum absolute atomic E-state index is 0.0535. The third kappa shape index (κ3) is 4.99. The molecule has 0 saturated carbocycles. The molecular weight excluding hydrogens is 481 g/mol. The standard InChI is InChI=1S/C27H21F3N6O/c1-16-8-9-17(26(37)32-20-7-3-6-19(14-20)27(28,29)30)13-22(16)33-24-21-10-12-36(2)25(21)35-23(34-24)18-5-4-11-31-15-18/h3-15H,1-2H3,(H,32,37)(H,33,34,35). The van der Waals surface area contributed by atoms with Crippen LogP contribution in [0, 0.1) is 6.92 Å². The summed E-state index contributed by atoms with van der Waals surface area (Å²) >= 11 is 0. The molecule has 0 spiro atoms. The molecule has 0 aliphatic rings. The summed E-state index contributed by atoms with van der Waals surface area (Å²) in [5.41, 5.74) is 2.43. The molecule has 3 heterocycles. The van der Waals surface area contributed by atoms with Gasteiger partial charge in [0.2, 0.25) is 0 Å². The van der Waals surface area contributed by atoms with E-state index in [0.717, 1.165) is 28.6 Å². The second kappa shape index (κ2) is 9.38. The van der Waals surface area contributed by atoms with Crippen LogP contribution in [0.15, 0.2) is 79.3 Å². The third-order valence-electron chi connectivity index (χ3n) is 5.84. The van der Waals surface area contributed by atoms with E-state index >= 15 is 0 Å². The van der Waals surface area contributed by atoms with Crippen molar-refractivity contribution in [2.45, 2.75) is 13.1 Å². The minimum atomic E-state index is -4.50. The molecule has 0 unspecified atom stereocenters. The number of amides is 1. The Bertz CT molecular complexity index is 1610. The molecule has 0 aliphatic carbocycles. The van der Waals surface area contributed by atoms with Gasteiger partial charge in [-0.1, -0.05) is 12.1 Å². The number of halogens is 3. The van der Waals surface area contributed by atoms with Crippen molar-refractivity contribution in [2.24, 2.45) is 7.05 Å². The van der Waals surface area contributed by atoms with E-state index < -0.39 is 17.6 Å². The highest BCUT2D eigenvalue weighted by molar-refractivity contribution is 6.05. The van der Waals surface area contributed by atoms with Gasteiger partial charge in [-0.05, 0) is 61.0 Å². The van der Waals surface area contributed by atoms with E-state index in [-0.39, 0.29) is 11.3 Å². The van der Waals surface area contributed by atoms with Gasteiger partial charge in [-0.15, -0.1) is 0 Å². The minimum Gasteiger partial charge on any atom is -0.339 e. The lowest BCUT2D eigenvalue weighted by Gasteiger charge is -2.14. The van der Waals surface area contributed by atoms with E-state index in [1.165, 1.54) is 12.1 Å². The van der Waals surface area contributed by atoms with E-state index in [0.29, 0.717) is 23.0 Å². The van der Waals surface area contributed by atoms with E-state index in [2.05, 4.69) is 20.6 Å². The maximum Gasteiger partial charge on any atom is 0.416 e. The molecule has 3 aromatic heterocycles. The van der Waals surface area contributed by atoms with Crippen LogP contribution in [-0.2, 0) is 13.2 Å². The molecular formula is C27H21F3N6O. The van der Waals surface area contributed by atoms with Gasteiger partial charge in [0.15, 0.2) is 5.82 Å². The van der Waals surface area contributed by atoms with Gasteiger partial charge in [0.1, 0.15) is 11.5 Å². The predicted molar refractivity (Wildman–Crippen MR) is 136 cm³/mol. The fourth-order valence-corrected chi connectivity index (χ4v) is 3.86. The molecule has 0 fully saturated rings. The highest BCUT2D eigenvalue weighted by Gasteiger charge is 2.30. The zero-order valence-corrected chi connectivity index (χ0v) is 19.8. The first-order valence-electron chi connectivity index (χ1n) is 11.3. The van der Waals surface area contributed by atoms with E-state index in [1.807, 2.05) is 36.9 Å². The number of rotatable bonds is 5. The van der Waals surface area contributed by atoms with Crippen molar-refractivity contribution in [3.05, 3.63) is 95.9 Å². The van der Waals surface area contributed by atoms with E-state index in [4.69, 9.17) is 4.98 Å². The van der Waals surface area contributed by atoms with Crippen LogP contribution < -0.4 is 10.6 Å². The molecule has 2 N–H and O–H groups in total. The summed E-state index contributed by atoms with van der Waals surface area (Å²) in [6.07, 6.45) is 0.723. The number of carbonyl (C=O) groups excluding carboxylic acids is 1. The highest BCUT2D eigenvalue weighted by Crippen LogP contribution is 2.32. The molecule has 186 valence electrons. The summed E-state index contributed by atoms with van der Waals surface area (Å²) in [7, 11) is 1.89. The first-order valence-corrected chi connectivity index (χ1v) is 11.3. The van der Waals surface area contributed by atoms with Crippen LogP contribution in [0.2, 0.25) is 0 Å². The third-order valence-corrected chi connectivity index (χ3v) is 5.84. The monoisotopic (exact) mass is 502 g/mol. The number of pyridine rings is 1. The first kappa shape index (κ1) is 24.0. The van der Waals surface area contributed by atoms with Crippen molar-refractivity contribution in [1.29, 1.82) is 0 Å². The van der Waals surface area contributed by atoms with Gasteiger partial charge >= 0.3 is 6.18 Å². The summed E-state index contributed by atoms with van der Waals surface area (Å²) in [5, 5.41) is 6.64. The number of aromatic nitrogens is 4. The molecule has 1 amide bonds. The number of benzene rings is 2. The lowest BCUT2D eigenvalue weighted by molar-refractivity contribution is -0.137. The van der Waals surface area contributed by atoms with Crippen molar-refractivity contribution < 1.29 is 18.0 Å².